The molecule has 1 amide bonds. The average Bonchev–Trinajstić information content (AvgIpc) is 2.68. The van der Waals surface area contributed by atoms with E-state index in [1.54, 1.807) is 4.90 Å². The van der Waals surface area contributed by atoms with Crippen LogP contribution in [0.15, 0.2) is 17.5 Å². The number of amides is 1. The van der Waals surface area contributed by atoms with Gasteiger partial charge in [0.2, 0.25) is 0 Å². The lowest BCUT2D eigenvalue weighted by Crippen LogP contribution is -2.37. The Hall–Kier alpha value is -1.07. The zero-order chi connectivity index (χ0) is 12.9. The SMILES string of the molecule is CC(C)(C)OC(=O)N(CCCO)c1cccs1. The Balaban J connectivity index is 2.73. The lowest BCUT2D eigenvalue weighted by Gasteiger charge is -2.26. The highest BCUT2D eigenvalue weighted by Gasteiger charge is 2.23. The van der Waals surface area contributed by atoms with E-state index < -0.39 is 5.60 Å². The van der Waals surface area contributed by atoms with Crippen molar-refractivity contribution in [1.82, 2.24) is 0 Å². The second kappa shape index (κ2) is 6.02. The molecule has 0 saturated carbocycles. The summed E-state index contributed by atoms with van der Waals surface area (Å²) in [6.07, 6.45) is 0.172. The van der Waals surface area contributed by atoms with Crippen LogP contribution in [0.2, 0.25) is 0 Å². The van der Waals surface area contributed by atoms with Crippen molar-refractivity contribution in [3.63, 3.8) is 0 Å². The summed E-state index contributed by atoms with van der Waals surface area (Å²) in [6, 6.07) is 3.75. The lowest BCUT2D eigenvalue weighted by atomic mass is 10.2. The molecule has 0 saturated heterocycles. The van der Waals surface area contributed by atoms with Crippen LogP contribution in [0.25, 0.3) is 0 Å². The van der Waals surface area contributed by atoms with Crippen LogP contribution in [0, 0.1) is 0 Å². The molecule has 0 unspecified atom stereocenters. The zero-order valence-electron chi connectivity index (χ0n) is 10.5. The van der Waals surface area contributed by atoms with Crippen molar-refractivity contribution in [3.05, 3.63) is 17.5 Å². The molecule has 1 aromatic heterocycles. The standard InChI is InChI=1S/C12H19NO3S/c1-12(2,3)16-11(15)13(7-5-8-14)10-6-4-9-17-10/h4,6,9,14H,5,7-8H2,1-3H3. The Morgan fingerprint density at radius 2 is 2.24 bits per heavy atom. The van der Waals surface area contributed by atoms with E-state index in [0.717, 1.165) is 5.00 Å². The van der Waals surface area contributed by atoms with Crippen molar-refractivity contribution >= 4 is 22.4 Å². The van der Waals surface area contributed by atoms with E-state index >= 15 is 0 Å². The maximum atomic E-state index is 12.0. The van der Waals surface area contributed by atoms with Gasteiger partial charge in [-0.25, -0.2) is 4.79 Å². The Bertz CT molecular complexity index is 343. The number of hydrogen-bond acceptors (Lipinski definition) is 4. The monoisotopic (exact) mass is 257 g/mol. The number of ether oxygens (including phenoxy) is 1. The minimum atomic E-state index is -0.508. The molecule has 0 aliphatic carbocycles. The third-order valence-corrected chi connectivity index (χ3v) is 2.82. The summed E-state index contributed by atoms with van der Waals surface area (Å²) in [6.45, 7) is 6.03. The van der Waals surface area contributed by atoms with E-state index in [2.05, 4.69) is 0 Å². The summed E-state index contributed by atoms with van der Waals surface area (Å²) in [7, 11) is 0. The largest absolute Gasteiger partial charge is 0.443 e. The van der Waals surface area contributed by atoms with Gasteiger partial charge in [-0.15, -0.1) is 11.3 Å². The topological polar surface area (TPSA) is 49.8 Å². The Morgan fingerprint density at radius 3 is 2.71 bits per heavy atom. The number of carbonyl (C=O) groups is 1. The van der Waals surface area contributed by atoms with Gasteiger partial charge in [0.25, 0.3) is 0 Å². The number of hydrogen-bond donors (Lipinski definition) is 1. The third-order valence-electron chi connectivity index (χ3n) is 1.93. The summed E-state index contributed by atoms with van der Waals surface area (Å²) >= 11 is 1.48. The van der Waals surface area contributed by atoms with Gasteiger partial charge >= 0.3 is 6.09 Å². The van der Waals surface area contributed by atoms with Crippen LogP contribution in [0.1, 0.15) is 27.2 Å². The number of anilines is 1. The van der Waals surface area contributed by atoms with Gasteiger partial charge in [-0.05, 0) is 44.7 Å². The molecule has 17 heavy (non-hydrogen) atoms. The van der Waals surface area contributed by atoms with E-state index in [-0.39, 0.29) is 12.7 Å². The van der Waals surface area contributed by atoms with Gasteiger partial charge in [0, 0.05) is 13.2 Å². The van der Waals surface area contributed by atoms with Gasteiger partial charge < -0.3 is 9.84 Å². The van der Waals surface area contributed by atoms with Gasteiger partial charge in [0.05, 0.1) is 0 Å². The average molecular weight is 257 g/mol. The summed E-state index contributed by atoms with van der Waals surface area (Å²) in [5.41, 5.74) is -0.508. The molecule has 0 aromatic carbocycles. The number of carbonyl (C=O) groups excluding carboxylic acids is 1. The third kappa shape index (κ3) is 4.75. The van der Waals surface area contributed by atoms with Crippen LogP contribution in [0.3, 0.4) is 0 Å². The maximum Gasteiger partial charge on any atom is 0.415 e. The fourth-order valence-corrected chi connectivity index (χ4v) is 2.01. The van der Waals surface area contributed by atoms with Crippen molar-refractivity contribution in [3.8, 4) is 0 Å². The molecule has 1 aromatic rings. The van der Waals surface area contributed by atoms with Crippen LogP contribution in [0.4, 0.5) is 9.80 Å². The highest BCUT2D eigenvalue weighted by molar-refractivity contribution is 7.14. The molecule has 96 valence electrons. The molecular weight excluding hydrogens is 238 g/mol. The van der Waals surface area contributed by atoms with Gasteiger partial charge in [-0.2, -0.15) is 0 Å². The predicted molar refractivity (Wildman–Crippen MR) is 69.6 cm³/mol. The van der Waals surface area contributed by atoms with Crippen LogP contribution in [0.5, 0.6) is 0 Å². The highest BCUT2D eigenvalue weighted by atomic mass is 32.1. The zero-order valence-corrected chi connectivity index (χ0v) is 11.3. The summed E-state index contributed by atoms with van der Waals surface area (Å²) in [5.74, 6) is 0. The number of rotatable bonds is 4. The molecule has 0 radical (unpaired) electrons. The minimum absolute atomic E-state index is 0.0602. The van der Waals surface area contributed by atoms with Crippen LogP contribution >= 0.6 is 11.3 Å². The second-order valence-corrected chi connectivity index (χ2v) is 5.59. The summed E-state index contributed by atoms with van der Waals surface area (Å²) in [5, 5.41) is 11.6. The molecule has 1 rings (SSSR count). The van der Waals surface area contributed by atoms with Crippen molar-refractivity contribution < 1.29 is 14.6 Å². The molecule has 5 heteroatoms. The molecule has 0 bridgehead atoms. The fraction of sp³-hybridized carbons (Fsp3) is 0.583. The Morgan fingerprint density at radius 1 is 1.53 bits per heavy atom. The first kappa shape index (κ1) is 14.0. The molecule has 1 heterocycles. The van der Waals surface area contributed by atoms with Crippen molar-refractivity contribution in [2.24, 2.45) is 0 Å². The molecular formula is C12H19NO3S. The van der Waals surface area contributed by atoms with E-state index in [1.807, 2.05) is 38.3 Å². The molecule has 1 N–H and O–H groups in total. The van der Waals surface area contributed by atoms with Crippen molar-refractivity contribution in [2.45, 2.75) is 32.8 Å². The first-order valence-electron chi connectivity index (χ1n) is 5.59. The number of aliphatic hydroxyl groups excluding tert-OH is 1. The van der Waals surface area contributed by atoms with E-state index in [4.69, 9.17) is 9.84 Å². The molecule has 0 aliphatic rings. The van der Waals surface area contributed by atoms with Crippen LogP contribution < -0.4 is 4.90 Å². The first-order valence-corrected chi connectivity index (χ1v) is 6.47. The number of aliphatic hydroxyl groups is 1. The molecule has 4 nitrogen and oxygen atoms in total. The molecule has 0 aliphatic heterocycles. The lowest BCUT2D eigenvalue weighted by molar-refractivity contribution is 0.0579. The highest BCUT2D eigenvalue weighted by Crippen LogP contribution is 2.23. The van der Waals surface area contributed by atoms with Crippen LogP contribution in [-0.4, -0.2) is 30.0 Å². The van der Waals surface area contributed by atoms with Crippen molar-refractivity contribution in [1.29, 1.82) is 0 Å². The predicted octanol–water partition coefficient (Wildman–Crippen LogP) is 2.87. The van der Waals surface area contributed by atoms with Gasteiger partial charge in [0.1, 0.15) is 10.6 Å². The van der Waals surface area contributed by atoms with Gasteiger partial charge in [-0.1, -0.05) is 0 Å². The smallest absolute Gasteiger partial charge is 0.415 e. The quantitative estimate of drug-likeness (QED) is 0.902. The van der Waals surface area contributed by atoms with Crippen LogP contribution in [-0.2, 0) is 4.74 Å². The Labute approximate surface area is 106 Å². The maximum absolute atomic E-state index is 12.0. The summed E-state index contributed by atoms with van der Waals surface area (Å²) < 4.78 is 5.33. The van der Waals surface area contributed by atoms with E-state index in [9.17, 15) is 4.79 Å². The molecule has 0 atom stereocenters. The minimum Gasteiger partial charge on any atom is -0.443 e. The number of nitrogens with zero attached hydrogens (tertiary/aromatic N) is 1. The fourth-order valence-electron chi connectivity index (χ4n) is 1.26. The van der Waals surface area contributed by atoms with Crippen molar-refractivity contribution in [2.75, 3.05) is 18.1 Å². The van der Waals surface area contributed by atoms with Gasteiger partial charge in [-0.3, -0.25) is 4.90 Å². The van der Waals surface area contributed by atoms with E-state index in [1.165, 1.54) is 11.3 Å². The van der Waals surface area contributed by atoms with Gasteiger partial charge in [0.15, 0.2) is 0 Å². The summed E-state index contributed by atoms with van der Waals surface area (Å²) in [4.78, 5) is 13.6. The first-order chi connectivity index (χ1) is 7.94. The van der Waals surface area contributed by atoms with E-state index in [0.29, 0.717) is 13.0 Å². The second-order valence-electron chi connectivity index (χ2n) is 4.66. The Kier molecular flexibility index (Phi) is 4.96. The molecule has 0 spiro atoms. The number of thiophene rings is 1. The molecule has 0 fully saturated rings. The normalized spacial score (nSPS) is 11.3.